The van der Waals surface area contributed by atoms with Crippen LogP contribution in [0.5, 0.6) is 0 Å². The van der Waals surface area contributed by atoms with Crippen molar-refractivity contribution >= 4 is 0 Å². The van der Waals surface area contributed by atoms with Crippen molar-refractivity contribution < 1.29 is 9.50 Å². The van der Waals surface area contributed by atoms with E-state index >= 15 is 0 Å². The predicted octanol–water partition coefficient (Wildman–Crippen LogP) is 1.04. The molecule has 15 heavy (non-hydrogen) atoms. The first-order chi connectivity index (χ1) is 7.13. The van der Waals surface area contributed by atoms with Crippen LogP contribution in [0, 0.1) is 11.7 Å². The lowest BCUT2D eigenvalue weighted by Gasteiger charge is -2.38. The van der Waals surface area contributed by atoms with E-state index in [1.54, 1.807) is 6.20 Å². The second-order valence-corrected chi connectivity index (χ2v) is 4.17. The summed E-state index contributed by atoms with van der Waals surface area (Å²) in [4.78, 5) is 3.78. The van der Waals surface area contributed by atoms with Gasteiger partial charge in [-0.05, 0) is 19.0 Å². The summed E-state index contributed by atoms with van der Waals surface area (Å²) in [5.41, 5.74) is -0.364. The number of piperidine rings is 1. The molecule has 1 saturated heterocycles. The van der Waals surface area contributed by atoms with Gasteiger partial charge in [0.1, 0.15) is 5.82 Å². The molecule has 2 rings (SSSR count). The molecule has 1 aliphatic heterocycles. The summed E-state index contributed by atoms with van der Waals surface area (Å²) < 4.78 is 13.0. The predicted molar refractivity (Wildman–Crippen MR) is 54.7 cm³/mol. The van der Waals surface area contributed by atoms with Gasteiger partial charge in [-0.15, -0.1) is 0 Å². The second kappa shape index (κ2) is 3.87. The number of nitrogens with zero attached hydrogens (tertiary/aromatic N) is 1. The molecule has 1 fully saturated rings. The molecule has 2 atom stereocenters. The van der Waals surface area contributed by atoms with Crippen LogP contribution >= 0.6 is 0 Å². The Morgan fingerprint density at radius 2 is 2.40 bits per heavy atom. The first-order valence-corrected chi connectivity index (χ1v) is 5.17. The van der Waals surface area contributed by atoms with E-state index in [1.165, 1.54) is 6.07 Å². The Kier molecular flexibility index (Phi) is 2.71. The summed E-state index contributed by atoms with van der Waals surface area (Å²) in [6.45, 7) is 3.45. The van der Waals surface area contributed by atoms with Crippen molar-refractivity contribution in [2.75, 3.05) is 13.1 Å². The number of hydrogen-bond acceptors (Lipinski definition) is 3. The Morgan fingerprint density at radius 3 is 3.07 bits per heavy atom. The van der Waals surface area contributed by atoms with Crippen molar-refractivity contribution in [2.24, 2.45) is 5.92 Å². The van der Waals surface area contributed by atoms with Crippen LogP contribution in [0.25, 0.3) is 0 Å². The molecule has 1 aromatic rings. The van der Waals surface area contributed by atoms with Crippen LogP contribution in [0.4, 0.5) is 4.39 Å². The van der Waals surface area contributed by atoms with Gasteiger partial charge in [0.2, 0.25) is 0 Å². The monoisotopic (exact) mass is 210 g/mol. The zero-order valence-corrected chi connectivity index (χ0v) is 8.70. The van der Waals surface area contributed by atoms with Gasteiger partial charge in [-0.25, -0.2) is 4.39 Å². The minimum atomic E-state index is -0.944. The smallest absolute Gasteiger partial charge is 0.141 e. The van der Waals surface area contributed by atoms with E-state index in [0.717, 1.165) is 19.3 Å². The fraction of sp³-hybridized carbons (Fsp3) is 0.545. The number of hydrogen-bond donors (Lipinski definition) is 2. The fourth-order valence-corrected chi connectivity index (χ4v) is 2.09. The molecule has 2 N–H and O–H groups in total. The van der Waals surface area contributed by atoms with E-state index < -0.39 is 11.4 Å². The minimum absolute atomic E-state index is 0.0647. The highest BCUT2D eigenvalue weighted by atomic mass is 19.1. The zero-order chi connectivity index (χ0) is 10.9. The van der Waals surface area contributed by atoms with E-state index in [9.17, 15) is 9.50 Å². The van der Waals surface area contributed by atoms with Crippen LogP contribution in [0.3, 0.4) is 0 Å². The van der Waals surface area contributed by atoms with Crippen molar-refractivity contribution in [2.45, 2.75) is 18.9 Å². The van der Waals surface area contributed by atoms with E-state index in [4.69, 9.17) is 0 Å². The van der Waals surface area contributed by atoms with Crippen LogP contribution in [0.15, 0.2) is 18.5 Å². The molecule has 0 aliphatic carbocycles. The zero-order valence-electron chi connectivity index (χ0n) is 8.70. The molecular formula is C11H15FN2O. The van der Waals surface area contributed by atoms with Crippen LogP contribution in [-0.2, 0) is 5.60 Å². The topological polar surface area (TPSA) is 45.1 Å². The lowest BCUT2D eigenvalue weighted by atomic mass is 9.78. The number of aliphatic hydroxyl groups is 1. The maximum atomic E-state index is 13.0. The van der Waals surface area contributed by atoms with Crippen molar-refractivity contribution in [3.63, 3.8) is 0 Å². The number of aromatic nitrogens is 1. The summed E-state index contributed by atoms with van der Waals surface area (Å²) >= 11 is 0. The van der Waals surface area contributed by atoms with Crippen molar-refractivity contribution in [3.8, 4) is 0 Å². The van der Waals surface area contributed by atoms with Gasteiger partial charge < -0.3 is 10.4 Å². The summed E-state index contributed by atoms with van der Waals surface area (Å²) in [6, 6.07) is 1.37. The Labute approximate surface area is 88.3 Å². The molecule has 2 unspecified atom stereocenters. The summed E-state index contributed by atoms with van der Waals surface area (Å²) in [5.74, 6) is -0.332. The normalized spacial score (nSPS) is 31.5. The molecule has 0 spiro atoms. The van der Waals surface area contributed by atoms with E-state index in [-0.39, 0.29) is 5.92 Å². The minimum Gasteiger partial charge on any atom is -0.385 e. The standard InChI is InChI=1S/C11H15FN2O/c1-8-5-13-3-2-11(8,15)9-4-10(12)7-14-6-9/h4,6-8,13,15H,2-3,5H2,1H3. The Morgan fingerprint density at radius 1 is 1.60 bits per heavy atom. The Bertz CT molecular complexity index is 358. The Hall–Kier alpha value is -1.00. The molecule has 0 bridgehead atoms. The maximum Gasteiger partial charge on any atom is 0.141 e. The SMILES string of the molecule is CC1CNCCC1(O)c1cncc(F)c1. The maximum absolute atomic E-state index is 13.0. The molecule has 2 heterocycles. The number of halogens is 1. The molecular weight excluding hydrogens is 195 g/mol. The third-order valence-corrected chi connectivity index (χ3v) is 3.15. The van der Waals surface area contributed by atoms with Gasteiger partial charge in [-0.3, -0.25) is 4.98 Å². The van der Waals surface area contributed by atoms with Crippen molar-refractivity contribution in [3.05, 3.63) is 29.8 Å². The third kappa shape index (κ3) is 1.87. The highest BCUT2D eigenvalue weighted by Crippen LogP contribution is 2.34. The first-order valence-electron chi connectivity index (χ1n) is 5.17. The van der Waals surface area contributed by atoms with E-state index in [0.29, 0.717) is 12.0 Å². The van der Waals surface area contributed by atoms with Gasteiger partial charge in [0.25, 0.3) is 0 Å². The van der Waals surface area contributed by atoms with Crippen LogP contribution in [-0.4, -0.2) is 23.2 Å². The van der Waals surface area contributed by atoms with Gasteiger partial charge >= 0.3 is 0 Å². The molecule has 0 saturated carbocycles. The largest absolute Gasteiger partial charge is 0.385 e. The average molecular weight is 210 g/mol. The molecule has 82 valence electrons. The lowest BCUT2D eigenvalue weighted by Crippen LogP contribution is -2.46. The van der Waals surface area contributed by atoms with E-state index in [2.05, 4.69) is 10.3 Å². The highest BCUT2D eigenvalue weighted by molar-refractivity contribution is 5.21. The van der Waals surface area contributed by atoms with Crippen LogP contribution in [0.1, 0.15) is 18.9 Å². The summed E-state index contributed by atoms with van der Waals surface area (Å²) in [6.07, 6.45) is 3.29. The number of pyridine rings is 1. The molecule has 4 heteroatoms. The van der Waals surface area contributed by atoms with Crippen LogP contribution < -0.4 is 5.32 Å². The summed E-state index contributed by atoms with van der Waals surface area (Å²) in [7, 11) is 0. The number of nitrogens with one attached hydrogen (secondary N) is 1. The molecule has 0 radical (unpaired) electrons. The van der Waals surface area contributed by atoms with Gasteiger partial charge in [0.05, 0.1) is 11.8 Å². The van der Waals surface area contributed by atoms with Crippen molar-refractivity contribution in [1.82, 2.24) is 10.3 Å². The molecule has 3 nitrogen and oxygen atoms in total. The van der Waals surface area contributed by atoms with Gasteiger partial charge in [-0.2, -0.15) is 0 Å². The fourth-order valence-electron chi connectivity index (χ4n) is 2.09. The lowest BCUT2D eigenvalue weighted by molar-refractivity contribution is -0.0397. The quantitative estimate of drug-likeness (QED) is 0.728. The number of rotatable bonds is 1. The molecule has 1 aromatic heterocycles. The third-order valence-electron chi connectivity index (χ3n) is 3.15. The van der Waals surface area contributed by atoms with Gasteiger partial charge in [0, 0.05) is 24.2 Å². The van der Waals surface area contributed by atoms with E-state index in [1.807, 2.05) is 6.92 Å². The van der Waals surface area contributed by atoms with Gasteiger partial charge in [0.15, 0.2) is 0 Å². The molecule has 1 aliphatic rings. The van der Waals surface area contributed by atoms with Crippen LogP contribution in [0.2, 0.25) is 0 Å². The van der Waals surface area contributed by atoms with Gasteiger partial charge in [-0.1, -0.05) is 6.92 Å². The molecule has 0 aromatic carbocycles. The average Bonchev–Trinajstić information content (AvgIpc) is 2.23. The first kappa shape index (κ1) is 10.5. The second-order valence-electron chi connectivity index (χ2n) is 4.17. The molecule has 0 amide bonds. The van der Waals surface area contributed by atoms with Crippen molar-refractivity contribution in [1.29, 1.82) is 0 Å². The highest BCUT2D eigenvalue weighted by Gasteiger charge is 2.38. The summed E-state index contributed by atoms with van der Waals surface area (Å²) in [5, 5.41) is 13.7. The Balaban J connectivity index is 2.34.